The molecule has 0 bridgehead atoms. The predicted molar refractivity (Wildman–Crippen MR) is 124 cm³/mol. The van der Waals surface area contributed by atoms with Crippen LogP contribution in [0, 0.1) is 0 Å². The van der Waals surface area contributed by atoms with Crippen molar-refractivity contribution in [2.75, 3.05) is 17.9 Å². The highest BCUT2D eigenvalue weighted by Crippen LogP contribution is 2.38. The van der Waals surface area contributed by atoms with Crippen LogP contribution >= 0.6 is 23.1 Å². The zero-order valence-corrected chi connectivity index (χ0v) is 20.6. The van der Waals surface area contributed by atoms with Crippen molar-refractivity contribution in [1.29, 1.82) is 0 Å². The van der Waals surface area contributed by atoms with Gasteiger partial charge in [-0.15, -0.1) is 23.1 Å². The average Bonchev–Trinajstić information content (AvgIpc) is 3.44. The lowest BCUT2D eigenvalue weighted by molar-refractivity contribution is -0.144. The van der Waals surface area contributed by atoms with Crippen molar-refractivity contribution in [3.05, 3.63) is 47.7 Å². The number of hydrogen-bond donors (Lipinski definition) is 1. The minimum Gasteiger partial charge on any atom is -0.453 e. The first-order valence-electron chi connectivity index (χ1n) is 9.87. The number of aliphatic hydroxyl groups excluding tert-OH is 1. The molecule has 184 valence electrons. The topological polar surface area (TPSA) is 98.5 Å². The van der Waals surface area contributed by atoms with Gasteiger partial charge in [-0.25, -0.2) is 8.42 Å². The number of benzene rings is 1. The van der Waals surface area contributed by atoms with E-state index in [-0.39, 0.29) is 27.8 Å². The minimum absolute atomic E-state index is 0.00545. The highest BCUT2D eigenvalue weighted by molar-refractivity contribution is 7.98. The van der Waals surface area contributed by atoms with Gasteiger partial charge in [-0.05, 0) is 41.6 Å². The molecule has 0 aliphatic heterocycles. The Bertz CT molecular complexity index is 1280. The molecule has 0 aliphatic carbocycles. The molecule has 0 fully saturated rings. The van der Waals surface area contributed by atoms with E-state index in [1.54, 1.807) is 24.5 Å². The molecule has 34 heavy (non-hydrogen) atoms. The number of ether oxygens (including phenoxy) is 1. The number of halogens is 3. The predicted octanol–water partition coefficient (Wildman–Crippen LogP) is 4.45. The van der Waals surface area contributed by atoms with Gasteiger partial charge in [-0.1, -0.05) is 19.1 Å². The summed E-state index contributed by atoms with van der Waals surface area (Å²) in [4.78, 5) is 13.0. The average molecular weight is 535 g/mol. The molecule has 0 saturated carbocycles. The number of esters is 1. The van der Waals surface area contributed by atoms with Crippen molar-refractivity contribution in [2.45, 2.75) is 31.1 Å². The first kappa shape index (κ1) is 26.3. The number of aromatic nitrogens is 2. The summed E-state index contributed by atoms with van der Waals surface area (Å²) >= 11 is 2.37. The smallest absolute Gasteiger partial charge is 0.435 e. The SMILES string of the molecule is CCS(=O)(=O)c1cc(-c2ccc(-c3cc(C(F)(F)F)nn3CC(=O)OCSC)s2)ccc1CO. The van der Waals surface area contributed by atoms with E-state index in [4.69, 9.17) is 4.74 Å². The van der Waals surface area contributed by atoms with E-state index < -0.39 is 40.8 Å². The van der Waals surface area contributed by atoms with Crippen molar-refractivity contribution in [1.82, 2.24) is 9.78 Å². The number of alkyl halides is 3. The van der Waals surface area contributed by atoms with Gasteiger partial charge in [0, 0.05) is 4.88 Å². The van der Waals surface area contributed by atoms with Gasteiger partial charge in [0.15, 0.2) is 15.5 Å². The van der Waals surface area contributed by atoms with Crippen molar-refractivity contribution in [2.24, 2.45) is 0 Å². The largest absolute Gasteiger partial charge is 0.453 e. The fourth-order valence-corrected chi connectivity index (χ4v) is 5.50. The van der Waals surface area contributed by atoms with Crippen LogP contribution in [0.2, 0.25) is 0 Å². The van der Waals surface area contributed by atoms with Crippen LogP contribution in [0.3, 0.4) is 0 Å². The lowest BCUT2D eigenvalue weighted by Crippen LogP contribution is -2.16. The first-order chi connectivity index (χ1) is 16.0. The molecule has 0 atom stereocenters. The van der Waals surface area contributed by atoms with Crippen LogP contribution < -0.4 is 0 Å². The maximum absolute atomic E-state index is 13.3. The number of hydrogen-bond acceptors (Lipinski definition) is 8. The van der Waals surface area contributed by atoms with Gasteiger partial charge >= 0.3 is 12.1 Å². The number of carbonyl (C=O) groups is 1. The van der Waals surface area contributed by atoms with Gasteiger partial charge in [0.05, 0.1) is 27.8 Å². The number of rotatable bonds is 9. The molecule has 13 heteroatoms. The normalized spacial score (nSPS) is 12.2. The van der Waals surface area contributed by atoms with Gasteiger partial charge < -0.3 is 9.84 Å². The summed E-state index contributed by atoms with van der Waals surface area (Å²) in [5.41, 5.74) is -0.266. The van der Waals surface area contributed by atoms with Crippen LogP contribution in [0.15, 0.2) is 41.3 Å². The Morgan fingerprint density at radius 3 is 2.53 bits per heavy atom. The van der Waals surface area contributed by atoms with E-state index in [0.29, 0.717) is 15.3 Å². The Balaban J connectivity index is 2.02. The second-order valence-corrected chi connectivity index (χ2v) is 11.2. The van der Waals surface area contributed by atoms with Crippen LogP contribution in [0.25, 0.3) is 21.0 Å². The summed E-state index contributed by atoms with van der Waals surface area (Å²) in [6.07, 6.45) is -2.99. The Kier molecular flexibility index (Phi) is 8.11. The molecule has 0 unspecified atom stereocenters. The summed E-state index contributed by atoms with van der Waals surface area (Å²) in [6.45, 7) is 0.551. The molecule has 3 aromatic rings. The van der Waals surface area contributed by atoms with Gasteiger partial charge in [0.25, 0.3) is 0 Å². The molecule has 2 heterocycles. The highest BCUT2D eigenvalue weighted by Gasteiger charge is 2.35. The molecule has 0 spiro atoms. The van der Waals surface area contributed by atoms with Crippen LogP contribution in [0.5, 0.6) is 0 Å². The van der Waals surface area contributed by atoms with Crippen molar-refractivity contribution < 1.29 is 36.2 Å². The molecule has 0 saturated heterocycles. The Labute approximate surface area is 202 Å². The molecule has 3 rings (SSSR count). The fraction of sp³-hybridized carbons (Fsp3) is 0.333. The number of sulfone groups is 1. The molecule has 1 aromatic carbocycles. The van der Waals surface area contributed by atoms with E-state index >= 15 is 0 Å². The zero-order valence-electron chi connectivity index (χ0n) is 18.1. The summed E-state index contributed by atoms with van der Waals surface area (Å²) in [5.74, 6) is -0.804. The molecule has 7 nitrogen and oxygen atoms in total. The van der Waals surface area contributed by atoms with Crippen molar-refractivity contribution in [3.8, 4) is 21.0 Å². The van der Waals surface area contributed by atoms with Crippen LogP contribution in [0.4, 0.5) is 13.2 Å². The number of aliphatic hydroxyl groups is 1. The van der Waals surface area contributed by atoms with E-state index in [1.807, 2.05) is 0 Å². The van der Waals surface area contributed by atoms with Crippen molar-refractivity contribution >= 4 is 38.9 Å². The van der Waals surface area contributed by atoms with E-state index in [2.05, 4.69) is 5.10 Å². The third-order valence-corrected chi connectivity index (χ3v) is 8.10. The second-order valence-electron chi connectivity index (χ2n) is 7.04. The molecule has 1 N–H and O–H groups in total. The second kappa shape index (κ2) is 10.5. The standard InChI is InChI=1S/C21H21F3N2O5S3/c1-3-34(29,30)18-8-13(4-5-14(18)11-27)16-6-7-17(33-16)15-9-19(21(22,23)24)25-26(15)10-20(28)31-12-32-2/h4-9,27H,3,10-12H2,1-2H3. The third-order valence-electron chi connectivity index (χ3n) is 4.78. The minimum atomic E-state index is -4.70. The molecular formula is C21H21F3N2O5S3. The maximum Gasteiger partial charge on any atom is 0.435 e. The van der Waals surface area contributed by atoms with Crippen LogP contribution in [-0.2, 0) is 38.7 Å². The van der Waals surface area contributed by atoms with E-state index in [9.17, 15) is 31.5 Å². The molecular weight excluding hydrogens is 513 g/mol. The zero-order chi connectivity index (χ0) is 25.1. The summed E-state index contributed by atoms with van der Waals surface area (Å²) in [5, 5.41) is 13.1. The number of thiophene rings is 1. The lowest BCUT2D eigenvalue weighted by Gasteiger charge is -2.09. The van der Waals surface area contributed by atoms with Crippen LogP contribution in [-0.4, -0.2) is 47.2 Å². The Hall–Kier alpha value is -2.35. The summed E-state index contributed by atoms with van der Waals surface area (Å²) in [6, 6.07) is 8.67. The fourth-order valence-electron chi connectivity index (χ4n) is 3.08. The molecule has 0 amide bonds. The number of thioether (sulfide) groups is 1. The van der Waals surface area contributed by atoms with Gasteiger partial charge in [-0.3, -0.25) is 9.48 Å². The summed E-state index contributed by atoms with van der Waals surface area (Å²) in [7, 11) is -3.61. The molecule has 2 aromatic heterocycles. The highest BCUT2D eigenvalue weighted by atomic mass is 32.2. The van der Waals surface area contributed by atoms with Crippen molar-refractivity contribution in [3.63, 3.8) is 0 Å². The van der Waals surface area contributed by atoms with Crippen LogP contribution in [0.1, 0.15) is 18.2 Å². The van der Waals surface area contributed by atoms with Gasteiger partial charge in [0.2, 0.25) is 0 Å². The quantitative estimate of drug-likeness (QED) is 0.320. The first-order valence-corrected chi connectivity index (χ1v) is 13.7. The Morgan fingerprint density at radius 1 is 1.21 bits per heavy atom. The van der Waals surface area contributed by atoms with Gasteiger partial charge in [0.1, 0.15) is 12.5 Å². The monoisotopic (exact) mass is 534 g/mol. The third kappa shape index (κ3) is 5.82. The maximum atomic E-state index is 13.3. The number of nitrogens with zero attached hydrogens (tertiary/aromatic N) is 2. The Morgan fingerprint density at radius 2 is 1.91 bits per heavy atom. The van der Waals surface area contributed by atoms with E-state index in [1.165, 1.54) is 30.8 Å². The van der Waals surface area contributed by atoms with E-state index in [0.717, 1.165) is 22.1 Å². The molecule has 0 aliphatic rings. The lowest BCUT2D eigenvalue weighted by atomic mass is 10.1. The van der Waals surface area contributed by atoms with Gasteiger partial charge in [-0.2, -0.15) is 18.3 Å². The molecule has 0 radical (unpaired) electrons. The summed E-state index contributed by atoms with van der Waals surface area (Å²) < 4.78 is 70.7. The number of carbonyl (C=O) groups excluding carboxylic acids is 1.